The fourth-order valence-electron chi connectivity index (χ4n) is 7.71. The third kappa shape index (κ3) is 30.7. The second-order valence-electron chi connectivity index (χ2n) is 24.5. The number of pyridine rings is 9. The average Bonchev–Trinajstić information content (AvgIpc) is 1.72. The molecule has 0 radical (unpaired) electrons. The number of nitrogens with zero attached hydrogens (tertiary/aromatic N) is 10. The maximum absolute atomic E-state index is 12.8. The Balaban J connectivity index is 0.000000279. The van der Waals surface area contributed by atoms with Gasteiger partial charge >= 0.3 is 0 Å². The number of halogens is 6. The predicted molar refractivity (Wildman–Crippen MR) is 384 cm³/mol. The maximum atomic E-state index is 12.8. The SMILES string of the molecule is CC(C)c1cc2c(Cl)nccc2o1.CC(C)c1cc2cnccc2o1.CC(C)c1ccc(C#N)cn1.CC(C)c1ccc(Cl)cn1.CC(C)c1ccc(F)cn1.CC(C)c1ccc(F)nc1.CC(C)c1cccnc1.CC(C)c1cncc(Cl)c1.CC(C)c1ncccc1F. The van der Waals surface area contributed by atoms with E-state index in [1.165, 1.54) is 35.5 Å². The van der Waals surface area contributed by atoms with Gasteiger partial charge in [-0.05, 0) is 149 Å². The highest BCUT2D eigenvalue weighted by Crippen LogP contribution is 2.29. The van der Waals surface area contributed by atoms with Crippen molar-refractivity contribution in [2.75, 3.05) is 0 Å². The Kier molecular flexibility index (Phi) is 36.4. The van der Waals surface area contributed by atoms with Gasteiger partial charge in [0.05, 0.1) is 32.9 Å². The highest BCUT2D eigenvalue weighted by Gasteiger charge is 2.11. The van der Waals surface area contributed by atoms with Gasteiger partial charge in [0.1, 0.15) is 45.5 Å². The van der Waals surface area contributed by atoms with E-state index in [0.717, 1.165) is 56.1 Å². The Morgan fingerprint density at radius 1 is 0.389 bits per heavy atom. The lowest BCUT2D eigenvalue weighted by Crippen LogP contribution is -1.95. The first kappa shape index (κ1) is 80.8. The summed E-state index contributed by atoms with van der Waals surface area (Å²) in [6, 6.07) is 32.6. The maximum Gasteiger partial charge on any atom is 0.212 e. The first-order valence-electron chi connectivity index (χ1n) is 31.7. The summed E-state index contributed by atoms with van der Waals surface area (Å²) in [5.41, 5.74) is 9.51. The predicted octanol–water partition coefficient (Wildman–Crippen LogP) is 23.6. The summed E-state index contributed by atoms with van der Waals surface area (Å²) < 4.78 is 48.5. The van der Waals surface area contributed by atoms with E-state index in [2.05, 4.69) is 148 Å². The Hall–Kier alpha value is -8.42. The largest absolute Gasteiger partial charge is 0.461 e. The molecule has 11 heterocycles. The van der Waals surface area contributed by atoms with E-state index in [0.29, 0.717) is 73.8 Å². The molecule has 11 aromatic heterocycles. The van der Waals surface area contributed by atoms with Gasteiger partial charge in [0.25, 0.3) is 0 Å². The first-order valence-corrected chi connectivity index (χ1v) is 32.8. The highest BCUT2D eigenvalue weighted by atomic mass is 35.5. The van der Waals surface area contributed by atoms with Crippen molar-refractivity contribution in [2.45, 2.75) is 178 Å². The smallest absolute Gasteiger partial charge is 0.212 e. The Bertz CT molecular complexity index is 3780. The van der Waals surface area contributed by atoms with Crippen LogP contribution in [0.25, 0.3) is 21.9 Å². The molecule has 0 aliphatic carbocycles. The summed E-state index contributed by atoms with van der Waals surface area (Å²) in [6.07, 6.45) is 20.1. The van der Waals surface area contributed by atoms with Crippen LogP contribution in [0.4, 0.5) is 13.2 Å². The molecule has 11 rings (SSSR count). The van der Waals surface area contributed by atoms with Crippen molar-refractivity contribution in [2.24, 2.45) is 0 Å². The van der Waals surface area contributed by atoms with E-state index < -0.39 is 5.95 Å². The monoisotopic (exact) mass is 1350 g/mol. The molecule has 0 N–H and O–H groups in total. The molecule has 11 aromatic rings. The molecule has 0 fully saturated rings. The summed E-state index contributed by atoms with van der Waals surface area (Å²) in [7, 11) is 0. The van der Waals surface area contributed by atoms with Crippen LogP contribution in [-0.4, -0.2) is 44.9 Å². The normalized spacial score (nSPS) is 10.5. The summed E-state index contributed by atoms with van der Waals surface area (Å²) in [5, 5.41) is 12.4. The van der Waals surface area contributed by atoms with Gasteiger partial charge in [-0.25, -0.2) is 18.7 Å². The van der Waals surface area contributed by atoms with Gasteiger partial charge in [-0.15, -0.1) is 0 Å². The highest BCUT2D eigenvalue weighted by molar-refractivity contribution is 6.34. The number of furan rings is 2. The Labute approximate surface area is 576 Å². The molecular formula is C77H92Cl3F3N10O2. The van der Waals surface area contributed by atoms with Crippen molar-refractivity contribution in [1.29, 1.82) is 5.26 Å². The Morgan fingerprint density at radius 2 is 0.937 bits per heavy atom. The van der Waals surface area contributed by atoms with Crippen LogP contribution >= 0.6 is 34.8 Å². The standard InChI is InChI=1S/C10H10ClNO.C10H11NO.C9H10N2.2C8H10ClN.3C8H10FN.C8H11N/c1-6(2)9-5-7-8(13-9)3-4-12-10(7)11;1-7(2)10-5-8-6-11-4-3-9(8)12-10;1-7(2)9-4-3-8(5-10)6-11-9;1-6(2)7-3-8(9)5-10-4-7;2*1-6(2)8-4-3-7(9)5-10-8;1-6(2)7-3-4-8(9)10-5-7;1-6(2)8-7(9)4-3-5-10-8;1-7(2)8-4-3-5-9-6-8/h3-6H,1-2H3;3-7H,1-2H3;3-4,6-7H,1-2H3;5*3-6H,1-2H3;3-7H,1-2H3. The first-order chi connectivity index (χ1) is 45.0. The van der Waals surface area contributed by atoms with Crippen molar-refractivity contribution in [3.8, 4) is 6.07 Å². The minimum absolute atomic E-state index is 0.168. The average molecular weight is 1350 g/mol. The summed E-state index contributed by atoms with van der Waals surface area (Å²) in [6.45, 7) is 37.3. The van der Waals surface area contributed by atoms with Gasteiger partial charge in [0.2, 0.25) is 5.95 Å². The van der Waals surface area contributed by atoms with Gasteiger partial charge in [-0.1, -0.05) is 172 Å². The third-order valence-corrected chi connectivity index (χ3v) is 14.3. The number of hydrogen-bond donors (Lipinski definition) is 0. The van der Waals surface area contributed by atoms with E-state index in [1.807, 2.05) is 107 Å². The third-order valence-electron chi connectivity index (χ3n) is 13.6. The van der Waals surface area contributed by atoms with Gasteiger partial charge < -0.3 is 8.83 Å². The molecule has 0 atom stereocenters. The molecule has 0 aromatic carbocycles. The van der Waals surface area contributed by atoms with Crippen LogP contribution in [0.5, 0.6) is 0 Å². The van der Waals surface area contributed by atoms with Crippen molar-refractivity contribution in [3.63, 3.8) is 0 Å². The van der Waals surface area contributed by atoms with E-state index in [9.17, 15) is 13.2 Å². The number of aromatic nitrogens is 9. The molecule has 0 amide bonds. The zero-order valence-corrected chi connectivity index (χ0v) is 60.3. The molecule has 0 saturated heterocycles. The topological polar surface area (TPSA) is 166 Å². The quantitative estimate of drug-likeness (QED) is 0.126. The summed E-state index contributed by atoms with van der Waals surface area (Å²) >= 11 is 17.3. The summed E-state index contributed by atoms with van der Waals surface area (Å²) in [4.78, 5) is 35.6. The molecule has 0 bridgehead atoms. The van der Waals surface area contributed by atoms with Crippen molar-refractivity contribution >= 4 is 56.7 Å². The van der Waals surface area contributed by atoms with E-state index in [-0.39, 0.29) is 17.6 Å². The van der Waals surface area contributed by atoms with Crippen LogP contribution in [0.3, 0.4) is 0 Å². The molecule has 504 valence electrons. The van der Waals surface area contributed by atoms with Crippen LogP contribution in [0.2, 0.25) is 15.2 Å². The van der Waals surface area contributed by atoms with E-state index >= 15 is 0 Å². The lowest BCUT2D eigenvalue weighted by molar-refractivity contribution is 0.521. The van der Waals surface area contributed by atoms with Crippen LogP contribution in [0.15, 0.2) is 186 Å². The van der Waals surface area contributed by atoms with Crippen molar-refractivity contribution in [3.05, 3.63) is 267 Å². The molecule has 0 aliphatic rings. The van der Waals surface area contributed by atoms with Gasteiger partial charge in [0, 0.05) is 102 Å². The van der Waals surface area contributed by atoms with Crippen molar-refractivity contribution < 1.29 is 22.0 Å². The molecule has 95 heavy (non-hydrogen) atoms. The lowest BCUT2D eigenvalue weighted by atomic mass is 10.1. The van der Waals surface area contributed by atoms with Crippen LogP contribution < -0.4 is 0 Å². The van der Waals surface area contributed by atoms with Gasteiger partial charge in [-0.2, -0.15) is 9.65 Å². The van der Waals surface area contributed by atoms with E-state index in [1.54, 1.807) is 73.8 Å². The van der Waals surface area contributed by atoms with Crippen LogP contribution in [0.1, 0.15) is 234 Å². The minimum Gasteiger partial charge on any atom is -0.461 e. The molecule has 0 aliphatic heterocycles. The van der Waals surface area contributed by atoms with Crippen molar-refractivity contribution in [1.82, 2.24) is 44.9 Å². The zero-order valence-electron chi connectivity index (χ0n) is 58.0. The Morgan fingerprint density at radius 3 is 1.37 bits per heavy atom. The van der Waals surface area contributed by atoms with Crippen LogP contribution in [-0.2, 0) is 0 Å². The molecular weight excluding hydrogens is 1260 g/mol. The zero-order chi connectivity index (χ0) is 70.7. The summed E-state index contributed by atoms with van der Waals surface area (Å²) in [5.74, 6) is 4.88. The molecule has 0 spiro atoms. The number of nitriles is 1. The fourth-order valence-corrected chi connectivity index (χ4v) is 8.21. The minimum atomic E-state index is -0.413. The second-order valence-corrected chi connectivity index (χ2v) is 25.7. The van der Waals surface area contributed by atoms with E-state index in [4.69, 9.17) is 48.9 Å². The molecule has 0 saturated carbocycles. The fraction of sp³-hybridized carbons (Fsp3) is 0.351. The molecule has 0 unspecified atom stereocenters. The number of rotatable bonds is 9. The lowest BCUT2D eigenvalue weighted by Gasteiger charge is -2.02. The van der Waals surface area contributed by atoms with Crippen LogP contribution in [0, 0.1) is 28.9 Å². The molecule has 12 nitrogen and oxygen atoms in total. The number of fused-ring (bicyclic) bond motifs is 2. The number of hydrogen-bond acceptors (Lipinski definition) is 12. The second kappa shape index (κ2) is 42.8. The van der Waals surface area contributed by atoms with Gasteiger partial charge in [-0.3, -0.25) is 34.9 Å². The van der Waals surface area contributed by atoms with Gasteiger partial charge in [0.15, 0.2) is 0 Å². The molecule has 18 heteroatoms.